The van der Waals surface area contributed by atoms with Gasteiger partial charge in [-0.25, -0.2) is 0 Å². The zero-order valence-electron chi connectivity index (χ0n) is 13.0. The van der Waals surface area contributed by atoms with E-state index in [4.69, 9.17) is 4.74 Å². The van der Waals surface area contributed by atoms with Crippen molar-refractivity contribution in [2.45, 2.75) is 31.9 Å². The summed E-state index contributed by atoms with van der Waals surface area (Å²) < 4.78 is 6.01. The Balaban J connectivity index is 2.05. The fraction of sp³-hybridized carbons (Fsp3) is 0.368. The molecule has 2 aromatic carbocycles. The van der Waals surface area contributed by atoms with E-state index in [2.05, 4.69) is 66.8 Å². The van der Waals surface area contributed by atoms with Gasteiger partial charge in [0.05, 0.1) is 6.10 Å². The van der Waals surface area contributed by atoms with Crippen LogP contribution in [0.4, 0.5) is 0 Å². The molecular formula is C19H25NO. The van der Waals surface area contributed by atoms with Crippen molar-refractivity contribution in [2.24, 2.45) is 0 Å². The van der Waals surface area contributed by atoms with E-state index in [0.29, 0.717) is 6.04 Å². The van der Waals surface area contributed by atoms with Crippen molar-refractivity contribution in [1.82, 2.24) is 5.32 Å². The third kappa shape index (κ3) is 4.69. The Morgan fingerprint density at radius 3 is 2.14 bits per heavy atom. The van der Waals surface area contributed by atoms with Gasteiger partial charge < -0.3 is 10.1 Å². The molecule has 0 aliphatic rings. The molecule has 112 valence electrons. The third-order valence-electron chi connectivity index (χ3n) is 3.80. The Morgan fingerprint density at radius 2 is 1.57 bits per heavy atom. The van der Waals surface area contributed by atoms with Crippen molar-refractivity contribution in [3.05, 3.63) is 71.8 Å². The zero-order valence-corrected chi connectivity index (χ0v) is 13.0. The van der Waals surface area contributed by atoms with Gasteiger partial charge in [0.1, 0.15) is 0 Å². The van der Waals surface area contributed by atoms with E-state index >= 15 is 0 Å². The highest BCUT2D eigenvalue weighted by molar-refractivity contribution is 5.20. The van der Waals surface area contributed by atoms with Crippen LogP contribution in [0.1, 0.15) is 30.6 Å². The number of benzene rings is 2. The maximum Gasteiger partial charge on any atom is 0.0977 e. The quantitative estimate of drug-likeness (QED) is 0.791. The molecule has 0 amide bonds. The summed E-state index contributed by atoms with van der Waals surface area (Å²) in [6.45, 7) is 2.78. The van der Waals surface area contributed by atoms with Crippen LogP contribution in [0.5, 0.6) is 0 Å². The summed E-state index contributed by atoms with van der Waals surface area (Å²) in [7, 11) is 2.02. The minimum absolute atomic E-state index is 0.102. The average molecular weight is 283 g/mol. The Hall–Kier alpha value is -1.64. The van der Waals surface area contributed by atoms with Gasteiger partial charge in [-0.1, -0.05) is 60.7 Å². The summed E-state index contributed by atoms with van der Waals surface area (Å²) in [5, 5.41) is 3.43. The molecule has 0 aliphatic carbocycles. The van der Waals surface area contributed by atoms with Crippen molar-refractivity contribution in [3.8, 4) is 0 Å². The monoisotopic (exact) mass is 283 g/mol. The standard InChI is InChI=1S/C19H25NO/c1-3-21-19(17-12-8-5-9-13-17)18(20-2)15-14-16-10-6-4-7-11-16/h4-13,18-20H,3,14-15H2,1-2H3. The topological polar surface area (TPSA) is 21.3 Å². The SMILES string of the molecule is CCOC(c1ccccc1)C(CCc1ccccc1)NC. The molecule has 0 radical (unpaired) electrons. The molecule has 0 bridgehead atoms. The summed E-state index contributed by atoms with van der Waals surface area (Å²) in [6.07, 6.45) is 2.22. The van der Waals surface area contributed by atoms with Crippen LogP contribution in [0.25, 0.3) is 0 Å². The number of rotatable bonds is 8. The normalized spacial score (nSPS) is 13.8. The first kappa shape index (κ1) is 15.7. The van der Waals surface area contributed by atoms with E-state index in [1.54, 1.807) is 0 Å². The Morgan fingerprint density at radius 1 is 0.952 bits per heavy atom. The molecule has 1 N–H and O–H groups in total. The number of ether oxygens (including phenoxy) is 1. The maximum atomic E-state index is 6.01. The molecule has 2 heteroatoms. The van der Waals surface area contributed by atoms with E-state index in [0.717, 1.165) is 19.4 Å². The minimum Gasteiger partial charge on any atom is -0.372 e. The van der Waals surface area contributed by atoms with Crippen LogP contribution in [-0.4, -0.2) is 19.7 Å². The van der Waals surface area contributed by atoms with E-state index in [1.807, 2.05) is 13.1 Å². The summed E-state index contributed by atoms with van der Waals surface area (Å²) in [4.78, 5) is 0. The lowest BCUT2D eigenvalue weighted by Crippen LogP contribution is -2.34. The molecule has 0 aliphatic heterocycles. The van der Waals surface area contributed by atoms with Crippen LogP contribution >= 0.6 is 0 Å². The summed E-state index contributed by atoms with van der Waals surface area (Å²) in [6, 6.07) is 21.4. The third-order valence-corrected chi connectivity index (χ3v) is 3.80. The Kier molecular flexibility index (Phi) is 6.45. The number of hydrogen-bond donors (Lipinski definition) is 1. The Bertz CT molecular complexity index is 497. The Labute approximate surface area is 128 Å². The molecule has 0 heterocycles. The molecule has 0 aromatic heterocycles. The van der Waals surface area contributed by atoms with Crippen LogP contribution in [0.2, 0.25) is 0 Å². The van der Waals surface area contributed by atoms with E-state index in [9.17, 15) is 0 Å². The van der Waals surface area contributed by atoms with E-state index in [-0.39, 0.29) is 6.10 Å². The van der Waals surface area contributed by atoms with Crippen molar-refractivity contribution < 1.29 is 4.74 Å². The van der Waals surface area contributed by atoms with Gasteiger partial charge in [0.25, 0.3) is 0 Å². The summed E-state index contributed by atoms with van der Waals surface area (Å²) in [5.74, 6) is 0. The lowest BCUT2D eigenvalue weighted by Gasteiger charge is -2.27. The highest BCUT2D eigenvalue weighted by Crippen LogP contribution is 2.24. The second-order valence-corrected chi connectivity index (χ2v) is 5.21. The molecule has 0 saturated carbocycles. The molecular weight excluding hydrogens is 258 g/mol. The first-order valence-corrected chi connectivity index (χ1v) is 7.73. The average Bonchev–Trinajstić information content (AvgIpc) is 2.56. The van der Waals surface area contributed by atoms with Crippen molar-refractivity contribution >= 4 is 0 Å². The van der Waals surface area contributed by atoms with Gasteiger partial charge in [0.15, 0.2) is 0 Å². The summed E-state index contributed by atoms with van der Waals surface area (Å²) >= 11 is 0. The second-order valence-electron chi connectivity index (χ2n) is 5.21. The fourth-order valence-corrected chi connectivity index (χ4v) is 2.68. The molecule has 0 saturated heterocycles. The van der Waals surface area contributed by atoms with Crippen molar-refractivity contribution in [2.75, 3.05) is 13.7 Å². The lowest BCUT2D eigenvalue weighted by atomic mass is 9.96. The molecule has 2 unspecified atom stereocenters. The van der Waals surface area contributed by atoms with Gasteiger partial charge in [-0.15, -0.1) is 0 Å². The predicted octanol–water partition coefficient (Wildman–Crippen LogP) is 3.99. The van der Waals surface area contributed by atoms with Crippen LogP contribution in [0.3, 0.4) is 0 Å². The molecule has 2 nitrogen and oxygen atoms in total. The molecule has 0 spiro atoms. The van der Waals surface area contributed by atoms with Crippen LogP contribution in [-0.2, 0) is 11.2 Å². The van der Waals surface area contributed by atoms with Gasteiger partial charge >= 0.3 is 0 Å². The predicted molar refractivity (Wildman–Crippen MR) is 88.4 cm³/mol. The smallest absolute Gasteiger partial charge is 0.0977 e. The van der Waals surface area contributed by atoms with Gasteiger partial charge in [0.2, 0.25) is 0 Å². The second kappa shape index (κ2) is 8.60. The number of likely N-dealkylation sites (N-methyl/N-ethyl adjacent to an activating group) is 1. The molecule has 21 heavy (non-hydrogen) atoms. The fourth-order valence-electron chi connectivity index (χ4n) is 2.68. The molecule has 2 rings (SSSR count). The first-order chi connectivity index (χ1) is 10.3. The van der Waals surface area contributed by atoms with Gasteiger partial charge in [0, 0.05) is 12.6 Å². The van der Waals surface area contributed by atoms with Crippen LogP contribution < -0.4 is 5.32 Å². The van der Waals surface area contributed by atoms with Crippen LogP contribution in [0.15, 0.2) is 60.7 Å². The highest BCUT2D eigenvalue weighted by atomic mass is 16.5. The molecule has 2 aromatic rings. The molecule has 0 fully saturated rings. The minimum atomic E-state index is 0.102. The van der Waals surface area contributed by atoms with Crippen molar-refractivity contribution in [3.63, 3.8) is 0 Å². The van der Waals surface area contributed by atoms with E-state index in [1.165, 1.54) is 11.1 Å². The number of aryl methyl sites for hydroxylation is 1. The number of hydrogen-bond acceptors (Lipinski definition) is 2. The van der Waals surface area contributed by atoms with E-state index < -0.39 is 0 Å². The molecule has 2 atom stereocenters. The largest absolute Gasteiger partial charge is 0.372 e. The maximum absolute atomic E-state index is 6.01. The first-order valence-electron chi connectivity index (χ1n) is 7.73. The zero-order chi connectivity index (χ0) is 14.9. The number of nitrogens with one attached hydrogen (secondary N) is 1. The lowest BCUT2D eigenvalue weighted by molar-refractivity contribution is 0.0330. The van der Waals surface area contributed by atoms with Gasteiger partial charge in [-0.05, 0) is 37.9 Å². The van der Waals surface area contributed by atoms with Crippen LogP contribution in [0, 0.1) is 0 Å². The summed E-state index contributed by atoms with van der Waals surface area (Å²) in [5.41, 5.74) is 2.62. The highest BCUT2D eigenvalue weighted by Gasteiger charge is 2.21. The van der Waals surface area contributed by atoms with Gasteiger partial charge in [-0.3, -0.25) is 0 Å². The van der Waals surface area contributed by atoms with Crippen molar-refractivity contribution in [1.29, 1.82) is 0 Å². The van der Waals surface area contributed by atoms with Gasteiger partial charge in [-0.2, -0.15) is 0 Å².